The van der Waals surface area contributed by atoms with Gasteiger partial charge in [0.25, 0.3) is 17.7 Å². The Morgan fingerprint density at radius 2 is 1.78 bits per heavy atom. The van der Waals surface area contributed by atoms with Crippen LogP contribution in [0.1, 0.15) is 76.3 Å². The van der Waals surface area contributed by atoms with Gasteiger partial charge < -0.3 is 20.9 Å². The summed E-state index contributed by atoms with van der Waals surface area (Å²) < 4.78 is 33.7. The van der Waals surface area contributed by atoms with Gasteiger partial charge in [0.1, 0.15) is 11.4 Å². The second-order valence-corrected chi connectivity index (χ2v) is 17.1. The van der Waals surface area contributed by atoms with Crippen LogP contribution >= 0.6 is 11.6 Å². The van der Waals surface area contributed by atoms with E-state index in [0.29, 0.717) is 67.6 Å². The lowest BCUT2D eigenvalue weighted by Gasteiger charge is -2.55. The van der Waals surface area contributed by atoms with E-state index in [-0.39, 0.29) is 65.6 Å². The molecule has 9 rings (SSSR count). The number of piperidine rings is 1. The number of nitrogens with two attached hydrogens (primary N) is 1. The Balaban J connectivity index is 0.813. The summed E-state index contributed by atoms with van der Waals surface area (Å²) in [6.07, 6.45) is 6.18. The minimum absolute atomic E-state index is 0.0508. The number of rotatable bonds is 8. The maximum atomic E-state index is 16.1. The number of nitrogens with zero attached hydrogens (tertiary/aromatic N) is 8. The molecule has 1 aliphatic carbocycles. The van der Waals surface area contributed by atoms with Crippen molar-refractivity contribution < 1.29 is 28.0 Å². The molecule has 59 heavy (non-hydrogen) atoms. The number of primary amides is 1. The Labute approximate surface area is 344 Å². The lowest BCUT2D eigenvalue weighted by molar-refractivity contribution is -0.127. The van der Waals surface area contributed by atoms with Crippen molar-refractivity contribution >= 4 is 63.9 Å². The van der Waals surface area contributed by atoms with Crippen molar-refractivity contribution in [2.45, 2.75) is 70.3 Å². The van der Waals surface area contributed by atoms with Crippen LogP contribution in [-0.2, 0) is 17.6 Å². The van der Waals surface area contributed by atoms with E-state index in [0.717, 1.165) is 42.5 Å². The summed E-state index contributed by atoms with van der Waals surface area (Å²) in [7, 11) is 1.77. The molecule has 5 aliphatic rings. The van der Waals surface area contributed by atoms with Crippen molar-refractivity contribution in [3.63, 3.8) is 0 Å². The largest absolute Gasteiger partial charge is 0.385 e. The Kier molecular flexibility index (Phi) is 9.73. The van der Waals surface area contributed by atoms with Crippen molar-refractivity contribution in [1.82, 2.24) is 34.7 Å². The van der Waals surface area contributed by atoms with Gasteiger partial charge in [0.15, 0.2) is 11.5 Å². The monoisotopic (exact) mass is 829 g/mol. The number of imidazole rings is 1. The average Bonchev–Trinajstić information content (AvgIpc) is 3.84. The van der Waals surface area contributed by atoms with Crippen molar-refractivity contribution in [2.75, 3.05) is 61.4 Å². The molecule has 4 aliphatic heterocycles. The topological polar surface area (TPSA) is 174 Å². The van der Waals surface area contributed by atoms with E-state index in [4.69, 9.17) is 22.4 Å². The quantitative estimate of drug-likeness (QED) is 0.221. The number of hydrogen-bond donors (Lipinski definition) is 3. The molecule has 4 N–H and O–H groups in total. The van der Waals surface area contributed by atoms with Crippen LogP contribution in [0.5, 0.6) is 0 Å². The van der Waals surface area contributed by atoms with Gasteiger partial charge in [-0.3, -0.25) is 29.5 Å². The number of fused-ring (bicyclic) bond motifs is 2. The molecule has 5 amide bonds. The van der Waals surface area contributed by atoms with E-state index in [9.17, 15) is 19.2 Å². The number of anilines is 4. The van der Waals surface area contributed by atoms with Gasteiger partial charge in [-0.2, -0.15) is 0 Å². The molecule has 4 aromatic rings. The zero-order chi connectivity index (χ0) is 41.4. The zero-order valence-corrected chi connectivity index (χ0v) is 33.7. The predicted octanol–water partition coefficient (Wildman–Crippen LogP) is 4.95. The van der Waals surface area contributed by atoms with Crippen molar-refractivity contribution in [1.29, 1.82) is 0 Å². The summed E-state index contributed by atoms with van der Waals surface area (Å²) in [5.41, 5.74) is 10.7. The molecule has 0 bridgehead atoms. The summed E-state index contributed by atoms with van der Waals surface area (Å²) in [5, 5.41) is 10.4. The molecule has 1 atom stereocenters. The maximum absolute atomic E-state index is 16.1. The molecular weight excluding hydrogens is 784 g/mol. The highest BCUT2D eigenvalue weighted by molar-refractivity contribution is 6.34. The van der Waals surface area contributed by atoms with Crippen LogP contribution in [0.2, 0.25) is 5.02 Å². The van der Waals surface area contributed by atoms with Gasteiger partial charge in [-0.05, 0) is 81.7 Å². The first-order valence-electron chi connectivity index (χ1n) is 20.2. The number of halogens is 3. The Morgan fingerprint density at radius 3 is 2.49 bits per heavy atom. The Bertz CT molecular complexity index is 2390. The van der Waals surface area contributed by atoms with Crippen LogP contribution in [0, 0.1) is 18.3 Å². The average molecular weight is 830 g/mol. The number of aryl methyl sites for hydroxylation is 1. The van der Waals surface area contributed by atoms with Crippen molar-refractivity contribution in [2.24, 2.45) is 17.1 Å². The van der Waals surface area contributed by atoms with Crippen LogP contribution in [0.25, 0.3) is 5.65 Å². The highest BCUT2D eigenvalue weighted by Crippen LogP contribution is 2.47. The maximum Gasteiger partial charge on any atom is 0.328 e. The van der Waals surface area contributed by atoms with E-state index in [2.05, 4.69) is 20.6 Å². The first kappa shape index (κ1) is 39.1. The minimum Gasteiger partial charge on any atom is -0.385 e. The summed E-state index contributed by atoms with van der Waals surface area (Å²) in [4.78, 5) is 65.8. The van der Waals surface area contributed by atoms with Crippen LogP contribution in [0.3, 0.4) is 0 Å². The van der Waals surface area contributed by atoms with Crippen LogP contribution in [0.15, 0.2) is 36.5 Å². The number of carbonyl (C=O) groups is 4. The van der Waals surface area contributed by atoms with Gasteiger partial charge in [-0.15, -0.1) is 5.10 Å². The molecule has 3 aromatic heterocycles. The predicted molar refractivity (Wildman–Crippen MR) is 217 cm³/mol. The molecule has 1 saturated carbocycles. The second-order valence-electron chi connectivity index (χ2n) is 16.7. The summed E-state index contributed by atoms with van der Waals surface area (Å²) in [5.74, 6) is -4.30. The smallest absolute Gasteiger partial charge is 0.328 e. The number of pyridine rings is 1. The molecule has 310 valence electrons. The molecule has 4 fully saturated rings. The standard InChI is InChI=1S/C41H46ClF2N11O4/c1-23-35(42)31(54-15-10-34(56)49-39(54)59)17-29(48-23)38(58)52-20-40(21-52)11-6-26(7-12-40)51-13-8-25(41(43,44)22-51)16-24-4-3-5-30-27(24)9-14-53(30)33-18-28(46-2)37-47-19-32(36(45)57)55(37)50-33/h3-5,17-19,25-26,46H,6-16,20-22H2,1-2H3,(H2,45,57)(H,49,56,59). The van der Waals surface area contributed by atoms with Crippen LogP contribution in [0.4, 0.5) is 36.5 Å². The first-order chi connectivity index (χ1) is 28.2. The lowest BCUT2D eigenvalue weighted by Crippen LogP contribution is -2.61. The summed E-state index contributed by atoms with van der Waals surface area (Å²) >= 11 is 6.50. The third-order valence-electron chi connectivity index (χ3n) is 13.2. The number of benzene rings is 1. The van der Waals surface area contributed by atoms with E-state index in [1.165, 1.54) is 21.7 Å². The molecule has 1 unspecified atom stereocenters. The first-order valence-corrected chi connectivity index (χ1v) is 20.6. The van der Waals surface area contributed by atoms with Gasteiger partial charge in [0.2, 0.25) is 5.91 Å². The molecule has 1 aromatic carbocycles. The second kappa shape index (κ2) is 14.7. The highest BCUT2D eigenvalue weighted by Gasteiger charge is 2.51. The third kappa shape index (κ3) is 6.90. The van der Waals surface area contributed by atoms with Gasteiger partial charge in [0.05, 0.1) is 34.8 Å². The van der Waals surface area contributed by atoms with Gasteiger partial charge in [-0.25, -0.2) is 28.1 Å². The van der Waals surface area contributed by atoms with E-state index < -0.39 is 23.8 Å². The number of imide groups is 1. The fraction of sp³-hybridized carbons (Fsp3) is 0.488. The molecule has 0 radical (unpaired) electrons. The highest BCUT2D eigenvalue weighted by atomic mass is 35.5. The van der Waals surface area contributed by atoms with Crippen LogP contribution in [-0.4, -0.2) is 111 Å². The molecular formula is C41H46ClF2N11O4. The molecule has 15 nitrogen and oxygen atoms in total. The minimum atomic E-state index is -2.86. The molecule has 1 spiro atoms. The van der Waals surface area contributed by atoms with Gasteiger partial charge in [-0.1, -0.05) is 23.7 Å². The Hall–Kier alpha value is -5.42. The third-order valence-corrected chi connectivity index (χ3v) is 13.6. The SMILES string of the molecule is CNc1cc(N2CCc3c(CC4CCN(C5CCC6(CC5)CN(C(=O)c5cc(N7CCC(=O)NC7=O)c(Cl)c(C)n5)C6)CC4(F)F)cccc32)nn2c(C(N)=O)cnc12. The van der Waals surface area contributed by atoms with E-state index in [1.807, 2.05) is 34.1 Å². The van der Waals surface area contributed by atoms with Crippen LogP contribution < -0.4 is 26.2 Å². The number of hydrogen-bond acceptors (Lipinski definition) is 10. The normalized spacial score (nSPS) is 21.8. The van der Waals surface area contributed by atoms with Crippen molar-refractivity contribution in [3.05, 3.63) is 69.8 Å². The number of urea groups is 1. The van der Waals surface area contributed by atoms with E-state index >= 15 is 8.78 Å². The number of nitrogens with one attached hydrogen (secondary N) is 2. The number of carbonyl (C=O) groups excluding carboxylic acids is 4. The molecule has 18 heteroatoms. The molecule has 3 saturated heterocycles. The van der Waals surface area contributed by atoms with E-state index in [1.54, 1.807) is 18.9 Å². The Morgan fingerprint density at radius 1 is 1.02 bits per heavy atom. The number of likely N-dealkylation sites (tertiary alicyclic amines) is 2. The zero-order valence-electron chi connectivity index (χ0n) is 32.9. The summed E-state index contributed by atoms with van der Waals surface area (Å²) in [6, 6.07) is 8.73. The lowest BCUT2D eigenvalue weighted by atomic mass is 9.67. The summed E-state index contributed by atoms with van der Waals surface area (Å²) in [6.45, 7) is 3.91. The molecule has 7 heterocycles. The number of amides is 5. The number of alkyl halides is 2. The number of aromatic nitrogens is 4. The fourth-order valence-electron chi connectivity index (χ4n) is 9.92. The van der Waals surface area contributed by atoms with Crippen molar-refractivity contribution in [3.8, 4) is 0 Å². The van der Waals surface area contributed by atoms with Gasteiger partial charge >= 0.3 is 6.03 Å². The fourth-order valence-corrected chi connectivity index (χ4v) is 10.1. The van der Waals surface area contributed by atoms with Gasteiger partial charge in [0, 0.05) is 68.8 Å².